The number of aromatic hydroxyl groups is 1. The van der Waals surface area contributed by atoms with Gasteiger partial charge in [0.1, 0.15) is 11.3 Å². The van der Waals surface area contributed by atoms with Gasteiger partial charge in [0.2, 0.25) is 5.91 Å². The molecule has 3 aromatic carbocycles. The average molecular weight is 342 g/mol. The fourth-order valence-corrected chi connectivity index (χ4v) is 3.31. The molecule has 0 bridgehead atoms. The van der Waals surface area contributed by atoms with Crippen LogP contribution in [0.2, 0.25) is 0 Å². The number of carbonyl (C=O) groups excluding carboxylic acids is 1. The molecule has 0 aliphatic carbocycles. The minimum atomic E-state index is -0.455. The van der Waals surface area contributed by atoms with Crippen molar-refractivity contribution in [1.29, 1.82) is 0 Å². The van der Waals surface area contributed by atoms with Crippen LogP contribution in [0.4, 0.5) is 0 Å². The van der Waals surface area contributed by atoms with Crippen molar-refractivity contribution >= 4 is 27.6 Å². The SMILES string of the molecule is CC(=O)N[C@H](c1ccc2ccccc2c1)c1ccc2cccnc2c1O. The highest BCUT2D eigenvalue weighted by Gasteiger charge is 2.21. The summed E-state index contributed by atoms with van der Waals surface area (Å²) in [6, 6.07) is 21.1. The van der Waals surface area contributed by atoms with Crippen LogP contribution < -0.4 is 5.32 Å². The van der Waals surface area contributed by atoms with Crippen LogP contribution in [-0.4, -0.2) is 16.0 Å². The number of hydrogen-bond acceptors (Lipinski definition) is 3. The van der Waals surface area contributed by atoms with E-state index in [-0.39, 0.29) is 11.7 Å². The number of amides is 1. The summed E-state index contributed by atoms with van der Waals surface area (Å²) in [5.41, 5.74) is 2.06. The minimum Gasteiger partial charge on any atom is -0.505 e. The Hall–Kier alpha value is -3.40. The van der Waals surface area contributed by atoms with E-state index in [0.29, 0.717) is 11.1 Å². The Morgan fingerprint density at radius 2 is 1.69 bits per heavy atom. The van der Waals surface area contributed by atoms with E-state index in [0.717, 1.165) is 21.7 Å². The highest BCUT2D eigenvalue weighted by atomic mass is 16.3. The van der Waals surface area contributed by atoms with Crippen LogP contribution >= 0.6 is 0 Å². The van der Waals surface area contributed by atoms with Crippen LogP contribution in [-0.2, 0) is 4.79 Å². The Balaban J connectivity index is 1.89. The van der Waals surface area contributed by atoms with E-state index in [1.54, 1.807) is 6.20 Å². The molecule has 4 aromatic rings. The Labute approximate surface area is 151 Å². The largest absolute Gasteiger partial charge is 0.505 e. The Bertz CT molecular complexity index is 1120. The van der Waals surface area contributed by atoms with Gasteiger partial charge in [-0.1, -0.05) is 54.6 Å². The lowest BCUT2D eigenvalue weighted by Crippen LogP contribution is -2.27. The highest BCUT2D eigenvalue weighted by molar-refractivity contribution is 5.87. The van der Waals surface area contributed by atoms with E-state index in [4.69, 9.17) is 0 Å². The third-order valence-electron chi connectivity index (χ3n) is 4.54. The summed E-state index contributed by atoms with van der Waals surface area (Å²) in [5.74, 6) is -0.0707. The number of hydrogen-bond donors (Lipinski definition) is 2. The fourth-order valence-electron chi connectivity index (χ4n) is 3.31. The lowest BCUT2D eigenvalue weighted by atomic mass is 9.94. The molecular formula is C22H18N2O2. The molecule has 0 unspecified atom stereocenters. The predicted molar refractivity (Wildman–Crippen MR) is 103 cm³/mol. The molecule has 0 saturated carbocycles. The molecule has 1 amide bonds. The summed E-state index contributed by atoms with van der Waals surface area (Å²) in [4.78, 5) is 16.1. The first-order valence-electron chi connectivity index (χ1n) is 8.46. The van der Waals surface area contributed by atoms with Gasteiger partial charge in [0.15, 0.2) is 0 Å². The molecule has 0 radical (unpaired) electrons. The molecule has 4 nitrogen and oxygen atoms in total. The van der Waals surface area contributed by atoms with Crippen LogP contribution in [0.5, 0.6) is 5.75 Å². The molecule has 0 aliphatic heterocycles. The molecule has 1 aromatic heterocycles. The van der Waals surface area contributed by atoms with Gasteiger partial charge in [-0.25, -0.2) is 0 Å². The molecule has 4 heteroatoms. The van der Waals surface area contributed by atoms with E-state index >= 15 is 0 Å². The lowest BCUT2D eigenvalue weighted by Gasteiger charge is -2.21. The highest BCUT2D eigenvalue weighted by Crippen LogP contribution is 2.35. The first-order chi connectivity index (χ1) is 12.6. The van der Waals surface area contributed by atoms with E-state index in [1.165, 1.54) is 6.92 Å². The van der Waals surface area contributed by atoms with Crippen molar-refractivity contribution in [2.24, 2.45) is 0 Å². The van der Waals surface area contributed by atoms with Crippen molar-refractivity contribution < 1.29 is 9.90 Å². The number of nitrogens with one attached hydrogen (secondary N) is 1. The van der Waals surface area contributed by atoms with Gasteiger partial charge in [-0.3, -0.25) is 9.78 Å². The van der Waals surface area contributed by atoms with Gasteiger partial charge in [0, 0.05) is 24.1 Å². The van der Waals surface area contributed by atoms with Gasteiger partial charge in [-0.05, 0) is 28.5 Å². The molecule has 0 aliphatic rings. The number of benzene rings is 3. The summed E-state index contributed by atoms with van der Waals surface area (Å²) in [7, 11) is 0. The Morgan fingerprint density at radius 3 is 2.50 bits per heavy atom. The zero-order chi connectivity index (χ0) is 18.1. The summed E-state index contributed by atoms with van der Waals surface area (Å²) in [6.07, 6.45) is 1.65. The molecular weight excluding hydrogens is 324 g/mol. The Kier molecular flexibility index (Phi) is 4.01. The monoisotopic (exact) mass is 342 g/mol. The van der Waals surface area contributed by atoms with E-state index in [2.05, 4.69) is 10.3 Å². The third kappa shape index (κ3) is 2.86. The van der Waals surface area contributed by atoms with Crippen LogP contribution in [0, 0.1) is 0 Å². The van der Waals surface area contributed by atoms with Crippen molar-refractivity contribution in [3.8, 4) is 5.75 Å². The number of phenols is 1. The second kappa shape index (κ2) is 6.48. The molecule has 0 spiro atoms. The molecule has 128 valence electrons. The summed E-state index contributed by atoms with van der Waals surface area (Å²) in [6.45, 7) is 1.48. The zero-order valence-corrected chi connectivity index (χ0v) is 14.3. The first kappa shape index (κ1) is 16.1. The molecule has 26 heavy (non-hydrogen) atoms. The van der Waals surface area contributed by atoms with Gasteiger partial charge in [-0.2, -0.15) is 0 Å². The molecule has 4 rings (SSSR count). The third-order valence-corrected chi connectivity index (χ3v) is 4.54. The van der Waals surface area contributed by atoms with Crippen molar-refractivity contribution in [1.82, 2.24) is 10.3 Å². The maximum atomic E-state index is 11.8. The van der Waals surface area contributed by atoms with Crippen molar-refractivity contribution in [3.63, 3.8) is 0 Å². The maximum absolute atomic E-state index is 11.8. The Morgan fingerprint density at radius 1 is 0.962 bits per heavy atom. The van der Waals surface area contributed by atoms with Gasteiger partial charge < -0.3 is 10.4 Å². The van der Waals surface area contributed by atoms with E-state index < -0.39 is 6.04 Å². The second-order valence-corrected chi connectivity index (χ2v) is 6.32. The number of aromatic nitrogens is 1. The minimum absolute atomic E-state index is 0.0926. The number of phenolic OH excluding ortho intramolecular Hbond substituents is 1. The summed E-state index contributed by atoms with van der Waals surface area (Å²) < 4.78 is 0. The van der Waals surface area contributed by atoms with Crippen LogP contribution in [0.25, 0.3) is 21.7 Å². The van der Waals surface area contributed by atoms with Gasteiger partial charge in [-0.15, -0.1) is 0 Å². The second-order valence-electron chi connectivity index (χ2n) is 6.32. The number of rotatable bonds is 3. The van der Waals surface area contributed by atoms with Crippen LogP contribution in [0.1, 0.15) is 24.1 Å². The summed E-state index contributed by atoms with van der Waals surface area (Å²) >= 11 is 0. The number of pyridine rings is 1. The van der Waals surface area contributed by atoms with E-state index in [1.807, 2.05) is 66.7 Å². The van der Waals surface area contributed by atoms with Crippen molar-refractivity contribution in [3.05, 3.63) is 84.1 Å². The molecule has 1 atom stereocenters. The normalized spacial score (nSPS) is 12.2. The first-order valence-corrected chi connectivity index (χ1v) is 8.46. The topological polar surface area (TPSA) is 62.2 Å². The van der Waals surface area contributed by atoms with Crippen LogP contribution in [0.15, 0.2) is 72.9 Å². The van der Waals surface area contributed by atoms with E-state index in [9.17, 15) is 9.90 Å². The smallest absolute Gasteiger partial charge is 0.217 e. The molecule has 2 N–H and O–H groups in total. The van der Waals surface area contributed by atoms with Crippen molar-refractivity contribution in [2.45, 2.75) is 13.0 Å². The number of nitrogens with zero attached hydrogens (tertiary/aromatic N) is 1. The average Bonchev–Trinajstić information content (AvgIpc) is 2.66. The van der Waals surface area contributed by atoms with Gasteiger partial charge in [0.25, 0.3) is 0 Å². The molecule has 0 saturated heterocycles. The van der Waals surface area contributed by atoms with Gasteiger partial charge in [0.05, 0.1) is 6.04 Å². The standard InChI is InChI=1S/C22H18N2O2/c1-14(25)24-20(18-9-8-15-5-2-3-6-17(15)13-18)19-11-10-16-7-4-12-23-21(16)22(19)26/h2-13,20,26H,1H3,(H,24,25)/t20-/m1/s1. The van der Waals surface area contributed by atoms with Gasteiger partial charge >= 0.3 is 0 Å². The zero-order valence-electron chi connectivity index (χ0n) is 14.3. The van der Waals surface area contributed by atoms with Crippen molar-refractivity contribution in [2.75, 3.05) is 0 Å². The number of fused-ring (bicyclic) bond motifs is 2. The lowest BCUT2D eigenvalue weighted by molar-refractivity contribution is -0.119. The van der Waals surface area contributed by atoms with Crippen LogP contribution in [0.3, 0.4) is 0 Å². The molecule has 0 fully saturated rings. The summed E-state index contributed by atoms with van der Waals surface area (Å²) in [5, 5.41) is 16.8. The fraction of sp³-hybridized carbons (Fsp3) is 0.0909. The number of carbonyl (C=O) groups is 1. The quantitative estimate of drug-likeness (QED) is 0.583. The predicted octanol–water partition coefficient (Wildman–Crippen LogP) is 4.32. The maximum Gasteiger partial charge on any atom is 0.217 e. The molecule has 1 heterocycles.